The van der Waals surface area contributed by atoms with Crippen molar-refractivity contribution < 1.29 is 4.79 Å². The van der Waals surface area contributed by atoms with Crippen LogP contribution in [0.5, 0.6) is 0 Å². The number of hydrogen-bond acceptors (Lipinski definition) is 2. The third kappa shape index (κ3) is 2.74. The molecule has 0 saturated carbocycles. The van der Waals surface area contributed by atoms with Crippen molar-refractivity contribution in [3.8, 4) is 11.1 Å². The van der Waals surface area contributed by atoms with Gasteiger partial charge < -0.3 is 5.32 Å². The van der Waals surface area contributed by atoms with E-state index in [0.29, 0.717) is 5.56 Å². The molecule has 0 spiro atoms. The second-order valence-electron chi connectivity index (χ2n) is 4.33. The van der Waals surface area contributed by atoms with Gasteiger partial charge in [0, 0.05) is 35.1 Å². The molecule has 91 valence electrons. The van der Waals surface area contributed by atoms with Crippen LogP contribution in [-0.2, 0) is 0 Å². The molecule has 1 aromatic heterocycles. The SMILES string of the molecule is CC(C)NC(=O)c1ccc[c]c1-c1cccnc1. The van der Waals surface area contributed by atoms with Crippen molar-refractivity contribution in [2.24, 2.45) is 0 Å². The molecule has 0 atom stereocenters. The van der Waals surface area contributed by atoms with Gasteiger partial charge in [-0.25, -0.2) is 0 Å². The standard InChI is InChI=1S/C15H15N2O/c1-11(2)17-15(18)14-8-4-3-7-13(14)12-6-5-9-16-10-12/h3-6,8-11H,1-2H3,(H,17,18). The van der Waals surface area contributed by atoms with Gasteiger partial charge in [-0.05, 0) is 32.0 Å². The molecule has 1 N–H and O–H groups in total. The Bertz CT molecular complexity index is 535. The number of carbonyl (C=O) groups excluding carboxylic acids is 1. The summed E-state index contributed by atoms with van der Waals surface area (Å²) in [5.41, 5.74) is 2.30. The van der Waals surface area contributed by atoms with E-state index in [0.717, 1.165) is 11.1 Å². The molecule has 0 aliphatic heterocycles. The summed E-state index contributed by atoms with van der Waals surface area (Å²) in [7, 11) is 0. The third-order valence-electron chi connectivity index (χ3n) is 2.47. The number of benzene rings is 1. The molecular weight excluding hydrogens is 224 g/mol. The molecule has 0 bridgehead atoms. The highest BCUT2D eigenvalue weighted by atomic mass is 16.1. The van der Waals surface area contributed by atoms with Crippen LogP contribution >= 0.6 is 0 Å². The van der Waals surface area contributed by atoms with Gasteiger partial charge in [-0.2, -0.15) is 0 Å². The van der Waals surface area contributed by atoms with Crippen molar-refractivity contribution in [1.29, 1.82) is 0 Å². The second kappa shape index (κ2) is 5.45. The van der Waals surface area contributed by atoms with Gasteiger partial charge in [0.25, 0.3) is 5.91 Å². The lowest BCUT2D eigenvalue weighted by molar-refractivity contribution is 0.0944. The molecule has 2 rings (SSSR count). The quantitative estimate of drug-likeness (QED) is 0.894. The largest absolute Gasteiger partial charge is 0.350 e. The monoisotopic (exact) mass is 239 g/mol. The van der Waals surface area contributed by atoms with Crippen molar-refractivity contribution >= 4 is 5.91 Å². The maximum absolute atomic E-state index is 12.1. The number of aromatic nitrogens is 1. The topological polar surface area (TPSA) is 42.0 Å². The predicted molar refractivity (Wildman–Crippen MR) is 71.1 cm³/mol. The number of carbonyl (C=O) groups is 1. The van der Waals surface area contributed by atoms with E-state index < -0.39 is 0 Å². The summed E-state index contributed by atoms with van der Waals surface area (Å²) in [6.07, 6.45) is 3.44. The van der Waals surface area contributed by atoms with Crippen LogP contribution in [0, 0.1) is 6.07 Å². The van der Waals surface area contributed by atoms with Crippen LogP contribution in [0.4, 0.5) is 0 Å². The summed E-state index contributed by atoms with van der Waals surface area (Å²) in [4.78, 5) is 16.2. The number of nitrogens with one attached hydrogen (secondary N) is 1. The molecule has 1 radical (unpaired) electrons. The van der Waals surface area contributed by atoms with E-state index in [1.165, 1.54) is 0 Å². The molecule has 1 amide bonds. The molecule has 18 heavy (non-hydrogen) atoms. The summed E-state index contributed by atoms with van der Waals surface area (Å²) in [5, 5.41) is 2.89. The molecule has 0 unspecified atom stereocenters. The minimum Gasteiger partial charge on any atom is -0.350 e. The minimum atomic E-state index is -0.0827. The van der Waals surface area contributed by atoms with Crippen molar-refractivity contribution in [3.63, 3.8) is 0 Å². The Kier molecular flexibility index (Phi) is 3.72. The van der Waals surface area contributed by atoms with E-state index in [4.69, 9.17) is 0 Å². The summed E-state index contributed by atoms with van der Waals surface area (Å²) >= 11 is 0. The van der Waals surface area contributed by atoms with E-state index in [1.807, 2.05) is 32.0 Å². The average molecular weight is 239 g/mol. The number of hydrogen-bond donors (Lipinski definition) is 1. The molecule has 0 fully saturated rings. The van der Waals surface area contributed by atoms with E-state index in [-0.39, 0.29) is 11.9 Å². The van der Waals surface area contributed by atoms with Crippen molar-refractivity contribution in [2.75, 3.05) is 0 Å². The first kappa shape index (κ1) is 12.3. The first-order valence-corrected chi connectivity index (χ1v) is 5.90. The molecule has 2 aromatic rings. The van der Waals surface area contributed by atoms with Crippen LogP contribution in [-0.4, -0.2) is 16.9 Å². The zero-order chi connectivity index (χ0) is 13.0. The van der Waals surface area contributed by atoms with Gasteiger partial charge in [-0.1, -0.05) is 18.2 Å². The zero-order valence-corrected chi connectivity index (χ0v) is 10.5. The molecule has 1 heterocycles. The Balaban J connectivity index is 2.41. The number of amides is 1. The Morgan fingerprint density at radius 2 is 2.17 bits per heavy atom. The number of pyridine rings is 1. The van der Waals surface area contributed by atoms with Crippen LogP contribution in [0.2, 0.25) is 0 Å². The van der Waals surface area contributed by atoms with Crippen molar-refractivity contribution in [2.45, 2.75) is 19.9 Å². The van der Waals surface area contributed by atoms with E-state index >= 15 is 0 Å². The van der Waals surface area contributed by atoms with Gasteiger partial charge in [0.2, 0.25) is 0 Å². The van der Waals surface area contributed by atoms with Gasteiger partial charge in [-0.15, -0.1) is 0 Å². The molecule has 0 aliphatic rings. The van der Waals surface area contributed by atoms with Crippen LogP contribution in [0.3, 0.4) is 0 Å². The zero-order valence-electron chi connectivity index (χ0n) is 10.5. The lowest BCUT2D eigenvalue weighted by Gasteiger charge is -2.11. The first-order chi connectivity index (χ1) is 8.68. The molecule has 3 nitrogen and oxygen atoms in total. The molecule has 3 heteroatoms. The van der Waals surface area contributed by atoms with E-state index in [2.05, 4.69) is 16.4 Å². The van der Waals surface area contributed by atoms with Crippen molar-refractivity contribution in [3.05, 3.63) is 54.4 Å². The van der Waals surface area contributed by atoms with Crippen LogP contribution in [0.15, 0.2) is 42.7 Å². The normalized spacial score (nSPS) is 10.4. The summed E-state index contributed by atoms with van der Waals surface area (Å²) < 4.78 is 0. The minimum absolute atomic E-state index is 0.0827. The lowest BCUT2D eigenvalue weighted by Crippen LogP contribution is -2.30. The van der Waals surface area contributed by atoms with Crippen LogP contribution in [0.25, 0.3) is 11.1 Å². The molecule has 0 saturated heterocycles. The number of rotatable bonds is 3. The number of nitrogens with zero attached hydrogens (tertiary/aromatic N) is 1. The average Bonchev–Trinajstić information content (AvgIpc) is 2.39. The highest BCUT2D eigenvalue weighted by Crippen LogP contribution is 2.22. The maximum Gasteiger partial charge on any atom is 0.252 e. The van der Waals surface area contributed by atoms with Crippen LogP contribution in [0.1, 0.15) is 24.2 Å². The van der Waals surface area contributed by atoms with Gasteiger partial charge in [0.1, 0.15) is 0 Å². The fourth-order valence-electron chi connectivity index (χ4n) is 1.72. The maximum atomic E-state index is 12.1. The summed E-state index contributed by atoms with van der Waals surface area (Å²) in [6.45, 7) is 3.88. The Labute approximate surface area is 107 Å². The van der Waals surface area contributed by atoms with E-state index in [9.17, 15) is 4.79 Å². The third-order valence-corrected chi connectivity index (χ3v) is 2.47. The molecular formula is C15H15N2O. The molecule has 1 aromatic carbocycles. The van der Waals surface area contributed by atoms with Crippen molar-refractivity contribution in [1.82, 2.24) is 10.3 Å². The fraction of sp³-hybridized carbons (Fsp3) is 0.200. The van der Waals surface area contributed by atoms with Gasteiger partial charge in [0.05, 0.1) is 0 Å². The Morgan fingerprint density at radius 3 is 2.83 bits per heavy atom. The summed E-state index contributed by atoms with van der Waals surface area (Å²) in [6, 6.07) is 12.4. The van der Waals surface area contributed by atoms with Gasteiger partial charge in [-0.3, -0.25) is 9.78 Å². The predicted octanol–water partition coefficient (Wildman–Crippen LogP) is 2.69. The highest BCUT2D eigenvalue weighted by Gasteiger charge is 2.12. The smallest absolute Gasteiger partial charge is 0.252 e. The van der Waals surface area contributed by atoms with Gasteiger partial charge >= 0.3 is 0 Å². The van der Waals surface area contributed by atoms with Crippen LogP contribution < -0.4 is 5.32 Å². The second-order valence-corrected chi connectivity index (χ2v) is 4.33. The fourth-order valence-corrected chi connectivity index (χ4v) is 1.72. The highest BCUT2D eigenvalue weighted by molar-refractivity contribution is 6.00. The van der Waals surface area contributed by atoms with E-state index in [1.54, 1.807) is 24.5 Å². The Hall–Kier alpha value is -2.16. The first-order valence-electron chi connectivity index (χ1n) is 5.90. The summed E-state index contributed by atoms with van der Waals surface area (Å²) in [5.74, 6) is -0.0827. The molecule has 0 aliphatic carbocycles. The lowest BCUT2D eigenvalue weighted by atomic mass is 10.0. The van der Waals surface area contributed by atoms with Gasteiger partial charge in [0.15, 0.2) is 0 Å². The Morgan fingerprint density at radius 1 is 1.33 bits per heavy atom.